The second-order valence-electron chi connectivity index (χ2n) is 16.4. The van der Waals surface area contributed by atoms with Crippen LogP contribution in [0.2, 0.25) is 0 Å². The molecule has 0 amide bonds. The zero-order valence-electron chi connectivity index (χ0n) is 30.8. The van der Waals surface area contributed by atoms with Crippen molar-refractivity contribution in [2.24, 2.45) is 17.3 Å². The number of likely N-dealkylation sites (N-methyl/N-ethyl adjacent to an activating group) is 1. The minimum Gasteiger partial charge on any atom is -0.459 e. The normalized spacial score (nSPS) is 49.3. The summed E-state index contributed by atoms with van der Waals surface area (Å²) in [5.41, 5.74) is -3.14. The molecule has 0 aromatic heterocycles. The number of Topliss-reactive ketones (excluding diaryl/α,β-unsaturated/α-hetero) is 1. The van der Waals surface area contributed by atoms with Crippen molar-refractivity contribution in [2.75, 3.05) is 27.2 Å². The predicted octanol–water partition coefficient (Wildman–Crippen LogP) is 3.50. The molecule has 5 heterocycles. The van der Waals surface area contributed by atoms with Crippen molar-refractivity contribution in [1.29, 1.82) is 0 Å². The van der Waals surface area contributed by atoms with Gasteiger partial charge in [-0.05, 0) is 100 Å². The van der Waals surface area contributed by atoms with E-state index in [1.165, 1.54) is 0 Å². The minimum atomic E-state index is -1.46. The van der Waals surface area contributed by atoms with Gasteiger partial charge in [0, 0.05) is 37.2 Å². The topological polar surface area (TPSA) is 119 Å². The van der Waals surface area contributed by atoms with E-state index in [0.29, 0.717) is 25.3 Å². The highest BCUT2D eigenvalue weighted by Gasteiger charge is 2.58. The lowest BCUT2D eigenvalue weighted by molar-refractivity contribution is -0.300. The van der Waals surface area contributed by atoms with Gasteiger partial charge in [-0.2, -0.15) is 0 Å². The SMILES string of the molecule is CC[C@H]1OC(=O)[C@@]2(C)CCO[C@@](C)(C[C@@H](C)CN(C3CC3)[C@H](C)[C@H]3NC(C)O[C@@]31C)[C@H](O[C@@H]1O[C@@H](C)CC(N(C)C)C1O)[C@@H](C)C2=O. The summed E-state index contributed by atoms with van der Waals surface area (Å²) in [4.78, 5) is 33.6. The Kier molecular flexibility index (Phi) is 10.9. The van der Waals surface area contributed by atoms with Gasteiger partial charge in [0.1, 0.15) is 29.5 Å². The summed E-state index contributed by atoms with van der Waals surface area (Å²) in [5, 5.41) is 15.1. The third kappa shape index (κ3) is 7.07. The molecule has 14 atom stereocenters. The van der Waals surface area contributed by atoms with Crippen LogP contribution < -0.4 is 5.32 Å². The molecular weight excluding hydrogens is 602 g/mol. The average molecular weight is 666 g/mol. The highest BCUT2D eigenvalue weighted by atomic mass is 16.7. The van der Waals surface area contributed by atoms with Crippen LogP contribution in [0, 0.1) is 17.3 Å². The highest BCUT2D eigenvalue weighted by molar-refractivity contribution is 6.04. The van der Waals surface area contributed by atoms with Gasteiger partial charge in [0.05, 0.1) is 23.9 Å². The van der Waals surface area contributed by atoms with Gasteiger partial charge in [-0.25, -0.2) is 0 Å². The standard InChI is InChI=1S/C36H63N3O8/c1-12-27-36(9)29(37-24(6)47-36)23(5)39(25-13-14-25)19-20(2)18-35(8)31(46-32-28(40)26(38(10)11)17-21(3)44-32)22(4)30(41)34(7,15-16-43-35)33(42)45-27/h20-29,31-32,37,40H,12-19H2,1-11H3/t20-,21+,22+,23-,24?,26?,27-,28?,29-,31-,32+,34+,35+,36-/m1/s1. The first kappa shape index (κ1) is 37.1. The highest BCUT2D eigenvalue weighted by Crippen LogP contribution is 2.45. The van der Waals surface area contributed by atoms with E-state index in [4.69, 9.17) is 23.7 Å². The number of hydrogen-bond acceptors (Lipinski definition) is 11. The lowest BCUT2D eigenvalue weighted by atomic mass is 9.70. The molecule has 5 aliphatic heterocycles. The fourth-order valence-corrected chi connectivity index (χ4v) is 9.33. The molecule has 6 aliphatic rings. The van der Waals surface area contributed by atoms with Crippen LogP contribution in [-0.4, -0.2) is 126 Å². The largest absolute Gasteiger partial charge is 0.459 e. The van der Waals surface area contributed by atoms with Crippen molar-refractivity contribution >= 4 is 11.8 Å². The van der Waals surface area contributed by atoms with E-state index in [9.17, 15) is 14.7 Å². The summed E-state index contributed by atoms with van der Waals surface area (Å²) >= 11 is 0. The summed E-state index contributed by atoms with van der Waals surface area (Å²) in [6, 6.07) is 0.315. The minimum absolute atomic E-state index is 0.0885. The molecule has 2 N–H and O–H groups in total. The molecule has 3 unspecified atom stereocenters. The van der Waals surface area contributed by atoms with Gasteiger partial charge in [0.15, 0.2) is 12.1 Å². The van der Waals surface area contributed by atoms with Crippen molar-refractivity contribution in [3.05, 3.63) is 0 Å². The average Bonchev–Trinajstić information content (AvgIpc) is 3.79. The number of ether oxygens (including phenoxy) is 5. The molecular formula is C36H63N3O8. The van der Waals surface area contributed by atoms with Crippen LogP contribution in [0.1, 0.15) is 101 Å². The Labute approximate surface area is 282 Å². The van der Waals surface area contributed by atoms with Gasteiger partial charge >= 0.3 is 5.97 Å². The van der Waals surface area contributed by atoms with E-state index < -0.39 is 53.1 Å². The van der Waals surface area contributed by atoms with Crippen molar-refractivity contribution in [3.8, 4) is 0 Å². The molecule has 6 rings (SSSR count). The summed E-state index contributed by atoms with van der Waals surface area (Å²) in [6.07, 6.45) is 0.744. The molecule has 47 heavy (non-hydrogen) atoms. The first-order chi connectivity index (χ1) is 21.9. The van der Waals surface area contributed by atoms with Crippen LogP contribution >= 0.6 is 0 Å². The van der Waals surface area contributed by atoms with Crippen LogP contribution in [0.15, 0.2) is 0 Å². The maximum atomic E-state index is 14.7. The van der Waals surface area contributed by atoms with Crippen molar-refractivity contribution in [2.45, 2.75) is 173 Å². The summed E-state index contributed by atoms with van der Waals surface area (Å²) in [5.74, 6) is -1.35. The molecule has 11 heteroatoms. The number of carbonyl (C=O) groups excluding carboxylic acids is 2. The maximum Gasteiger partial charge on any atom is 0.319 e. The molecule has 11 nitrogen and oxygen atoms in total. The third-order valence-corrected chi connectivity index (χ3v) is 12.1. The molecule has 0 aromatic carbocycles. The van der Waals surface area contributed by atoms with Gasteiger partial charge < -0.3 is 33.7 Å². The second kappa shape index (κ2) is 13.9. The number of aliphatic hydroxyl groups is 1. The second-order valence-corrected chi connectivity index (χ2v) is 16.4. The quantitative estimate of drug-likeness (QED) is 0.332. The molecule has 2 bridgehead atoms. The fraction of sp³-hybridized carbons (Fsp3) is 0.944. The first-order valence-electron chi connectivity index (χ1n) is 18.2. The van der Waals surface area contributed by atoms with Crippen LogP contribution in [0.4, 0.5) is 0 Å². The number of carbonyl (C=O) groups is 2. The number of ketones is 1. The lowest BCUT2D eigenvalue weighted by Gasteiger charge is -2.49. The maximum absolute atomic E-state index is 14.7. The number of aliphatic hydroxyl groups excluding tert-OH is 1. The molecule has 1 saturated carbocycles. The fourth-order valence-electron chi connectivity index (χ4n) is 9.33. The smallest absolute Gasteiger partial charge is 0.319 e. The van der Waals surface area contributed by atoms with E-state index in [0.717, 1.165) is 19.4 Å². The molecule has 0 radical (unpaired) electrons. The van der Waals surface area contributed by atoms with Crippen molar-refractivity contribution < 1.29 is 38.4 Å². The number of rotatable bonds is 5. The van der Waals surface area contributed by atoms with Gasteiger partial charge in [-0.15, -0.1) is 0 Å². The Balaban J connectivity index is 1.57. The number of hydrogen-bond donors (Lipinski definition) is 2. The monoisotopic (exact) mass is 665 g/mol. The molecule has 1 aliphatic carbocycles. The van der Waals surface area contributed by atoms with Crippen LogP contribution in [0.5, 0.6) is 0 Å². The zero-order valence-corrected chi connectivity index (χ0v) is 30.8. The molecule has 0 aromatic rings. The van der Waals surface area contributed by atoms with Gasteiger partial charge in [-0.1, -0.05) is 20.8 Å². The van der Waals surface area contributed by atoms with Gasteiger partial charge in [0.2, 0.25) is 0 Å². The Morgan fingerprint density at radius 1 is 1.09 bits per heavy atom. The number of nitrogens with one attached hydrogen (secondary N) is 1. The van der Waals surface area contributed by atoms with Crippen LogP contribution in [-0.2, 0) is 33.3 Å². The van der Waals surface area contributed by atoms with E-state index in [2.05, 4.69) is 31.0 Å². The van der Waals surface area contributed by atoms with Crippen LogP contribution in [0.25, 0.3) is 0 Å². The van der Waals surface area contributed by atoms with E-state index in [-0.39, 0.29) is 55.2 Å². The number of fused-ring (bicyclic) bond motifs is 10. The van der Waals surface area contributed by atoms with E-state index in [1.807, 2.05) is 53.6 Å². The molecule has 6 fully saturated rings. The Bertz CT molecular complexity index is 1140. The molecule has 5 saturated heterocycles. The Morgan fingerprint density at radius 2 is 1.77 bits per heavy atom. The number of nitrogens with zero attached hydrogens (tertiary/aromatic N) is 2. The Hall–Kier alpha value is -1.18. The van der Waals surface area contributed by atoms with Gasteiger partial charge in [-0.3, -0.25) is 19.8 Å². The summed E-state index contributed by atoms with van der Waals surface area (Å²) < 4.78 is 32.8. The lowest BCUT2D eigenvalue weighted by Crippen LogP contribution is -2.61. The Morgan fingerprint density at radius 3 is 2.38 bits per heavy atom. The predicted molar refractivity (Wildman–Crippen MR) is 178 cm³/mol. The van der Waals surface area contributed by atoms with E-state index in [1.54, 1.807) is 6.92 Å². The first-order valence-corrected chi connectivity index (χ1v) is 18.2. The summed E-state index contributed by atoms with van der Waals surface area (Å²) in [7, 11) is 3.88. The van der Waals surface area contributed by atoms with Crippen LogP contribution in [0.3, 0.4) is 0 Å². The van der Waals surface area contributed by atoms with Crippen molar-refractivity contribution in [3.63, 3.8) is 0 Å². The van der Waals surface area contributed by atoms with E-state index >= 15 is 0 Å². The third-order valence-electron chi connectivity index (χ3n) is 12.1. The van der Waals surface area contributed by atoms with Gasteiger partial charge in [0.25, 0.3) is 0 Å². The number of esters is 1. The molecule has 270 valence electrons. The molecule has 0 spiro atoms. The van der Waals surface area contributed by atoms with Crippen molar-refractivity contribution in [1.82, 2.24) is 15.1 Å². The zero-order chi connectivity index (χ0) is 34.6. The summed E-state index contributed by atoms with van der Waals surface area (Å²) in [6.45, 7) is 19.1.